The second-order valence-corrected chi connectivity index (χ2v) is 6.97. The molecule has 0 radical (unpaired) electrons. The topological polar surface area (TPSA) is 38.3 Å². The number of carbonyl (C=O) groups excluding carboxylic acids is 1. The molecule has 0 aromatic carbocycles. The van der Waals surface area contributed by atoms with Crippen molar-refractivity contribution in [2.24, 2.45) is 11.3 Å². The molecule has 0 aliphatic heterocycles. The molecule has 1 amide bonds. The zero-order valence-corrected chi connectivity index (χ0v) is 13.8. The van der Waals surface area contributed by atoms with E-state index in [-0.39, 0.29) is 11.5 Å². The van der Waals surface area contributed by atoms with Crippen LogP contribution in [0.4, 0.5) is 13.2 Å². The van der Waals surface area contributed by atoms with Gasteiger partial charge in [-0.25, -0.2) is 0 Å². The summed E-state index contributed by atoms with van der Waals surface area (Å²) < 4.78 is 40.8. The van der Waals surface area contributed by atoms with E-state index in [2.05, 4.69) is 23.9 Å². The zero-order chi connectivity index (χ0) is 16.8. The van der Waals surface area contributed by atoms with Gasteiger partial charge in [0, 0.05) is 6.04 Å². The fourth-order valence-corrected chi connectivity index (χ4v) is 1.81. The first-order valence-electron chi connectivity index (χ1n) is 7.31. The molecule has 1 N–H and O–H groups in total. The first kappa shape index (κ1) is 20.2. The van der Waals surface area contributed by atoms with Gasteiger partial charge in [0.15, 0.2) is 0 Å². The highest BCUT2D eigenvalue weighted by Gasteiger charge is 2.32. The predicted molar refractivity (Wildman–Crippen MR) is 76.9 cm³/mol. The third-order valence-corrected chi connectivity index (χ3v) is 3.26. The van der Waals surface area contributed by atoms with Crippen LogP contribution in [0.25, 0.3) is 0 Å². The summed E-state index contributed by atoms with van der Waals surface area (Å²) in [5.74, 6) is 0.00795. The molecule has 0 saturated carbocycles. The monoisotopic (exact) mass is 311 g/mol. The number of carbonyl (C=O) groups is 1. The quantitative estimate of drug-likeness (QED) is 0.774. The maximum atomic E-state index is 12.1. The summed E-state index contributed by atoms with van der Waals surface area (Å²) in [6.07, 6.45) is -3.80. The van der Waals surface area contributed by atoms with Crippen LogP contribution < -0.4 is 5.32 Å². The van der Waals surface area contributed by atoms with Crippen molar-refractivity contribution in [1.82, 2.24) is 5.32 Å². The molecule has 3 nitrogen and oxygen atoms in total. The van der Waals surface area contributed by atoms with E-state index < -0.39 is 24.8 Å². The maximum absolute atomic E-state index is 12.1. The molecular formula is C15H28F3NO2. The Hall–Kier alpha value is -0.780. The van der Waals surface area contributed by atoms with Crippen molar-refractivity contribution in [3.05, 3.63) is 0 Å². The van der Waals surface area contributed by atoms with E-state index in [4.69, 9.17) is 0 Å². The molecule has 0 bridgehead atoms. The lowest BCUT2D eigenvalue weighted by Gasteiger charge is -2.33. The number of ether oxygens (including phenoxy) is 1. The Labute approximate surface area is 125 Å². The van der Waals surface area contributed by atoms with Gasteiger partial charge in [-0.2, -0.15) is 13.2 Å². The summed E-state index contributed by atoms with van der Waals surface area (Å²) in [4.78, 5) is 12.0. The average Bonchev–Trinajstić information content (AvgIpc) is 2.28. The van der Waals surface area contributed by atoms with Crippen molar-refractivity contribution in [3.8, 4) is 0 Å². The Bertz CT molecular complexity index is 322. The summed E-state index contributed by atoms with van der Waals surface area (Å²) in [5, 5.41) is 2.82. The van der Waals surface area contributed by atoms with Crippen molar-refractivity contribution >= 4 is 5.91 Å². The molecule has 0 spiro atoms. The molecule has 0 aliphatic carbocycles. The van der Waals surface area contributed by atoms with Crippen LogP contribution in [0.5, 0.6) is 0 Å². The van der Waals surface area contributed by atoms with E-state index in [1.54, 1.807) is 0 Å². The van der Waals surface area contributed by atoms with Gasteiger partial charge in [-0.15, -0.1) is 0 Å². The van der Waals surface area contributed by atoms with Gasteiger partial charge in [0.25, 0.3) is 0 Å². The van der Waals surface area contributed by atoms with Crippen molar-refractivity contribution in [2.75, 3.05) is 6.61 Å². The number of alkyl halides is 3. The van der Waals surface area contributed by atoms with E-state index >= 15 is 0 Å². The number of hydrogen-bond acceptors (Lipinski definition) is 2. The number of halogens is 3. The normalized spacial score (nSPS) is 15.9. The van der Waals surface area contributed by atoms with E-state index in [1.165, 1.54) is 6.92 Å². The lowest BCUT2D eigenvalue weighted by molar-refractivity contribution is -0.186. The highest BCUT2D eigenvalue weighted by Crippen LogP contribution is 2.25. The summed E-state index contributed by atoms with van der Waals surface area (Å²) in [5.41, 5.74) is -0.158. The first-order chi connectivity index (χ1) is 9.33. The summed E-state index contributed by atoms with van der Waals surface area (Å²) in [6, 6.07) is -0.0932. The molecule has 6 heteroatoms. The Morgan fingerprint density at radius 1 is 1.10 bits per heavy atom. The molecule has 0 fully saturated rings. The van der Waals surface area contributed by atoms with Crippen LogP contribution in [0.2, 0.25) is 0 Å². The third-order valence-electron chi connectivity index (χ3n) is 3.26. The van der Waals surface area contributed by atoms with Gasteiger partial charge in [-0.1, -0.05) is 34.6 Å². The van der Waals surface area contributed by atoms with Gasteiger partial charge in [-0.3, -0.25) is 4.79 Å². The van der Waals surface area contributed by atoms with Crippen LogP contribution in [0.1, 0.15) is 54.4 Å². The molecule has 21 heavy (non-hydrogen) atoms. The second kappa shape index (κ2) is 8.01. The first-order valence-corrected chi connectivity index (χ1v) is 7.31. The Balaban J connectivity index is 4.52. The fourth-order valence-electron chi connectivity index (χ4n) is 1.81. The van der Waals surface area contributed by atoms with Crippen LogP contribution in [0, 0.1) is 11.3 Å². The maximum Gasteiger partial charge on any atom is 0.411 e. The second-order valence-electron chi connectivity index (χ2n) is 6.97. The third kappa shape index (κ3) is 9.72. The zero-order valence-electron chi connectivity index (χ0n) is 13.8. The fraction of sp³-hybridized carbons (Fsp3) is 0.933. The average molecular weight is 311 g/mol. The van der Waals surface area contributed by atoms with Crippen molar-refractivity contribution in [2.45, 2.75) is 72.7 Å². The van der Waals surface area contributed by atoms with Crippen molar-refractivity contribution < 1.29 is 22.7 Å². The van der Waals surface area contributed by atoms with Gasteiger partial charge in [0.05, 0.1) is 0 Å². The standard InChI is InChI=1S/C15H28F3NO2/c1-10(2)7-8-12(14(4,5)6)19-13(20)11(3)21-9-15(16,17)18/h10-12H,7-9H2,1-6H3,(H,19,20). The number of hydrogen-bond donors (Lipinski definition) is 1. The molecule has 0 heterocycles. The van der Waals surface area contributed by atoms with E-state index in [1.807, 2.05) is 20.8 Å². The lowest BCUT2D eigenvalue weighted by atomic mass is 9.82. The van der Waals surface area contributed by atoms with Crippen LogP contribution in [0.3, 0.4) is 0 Å². The minimum absolute atomic E-state index is 0.0932. The molecule has 0 aromatic heterocycles. The molecule has 2 atom stereocenters. The van der Waals surface area contributed by atoms with E-state index in [9.17, 15) is 18.0 Å². The van der Waals surface area contributed by atoms with Gasteiger partial charge in [-0.05, 0) is 31.1 Å². The molecule has 0 rings (SSSR count). The lowest BCUT2D eigenvalue weighted by Crippen LogP contribution is -2.48. The summed E-state index contributed by atoms with van der Waals surface area (Å²) >= 11 is 0. The summed E-state index contributed by atoms with van der Waals surface area (Å²) in [6.45, 7) is 10.1. The smallest absolute Gasteiger partial charge is 0.359 e. The van der Waals surface area contributed by atoms with Gasteiger partial charge < -0.3 is 10.1 Å². The number of nitrogens with one attached hydrogen (secondary N) is 1. The highest BCUT2D eigenvalue weighted by atomic mass is 19.4. The van der Waals surface area contributed by atoms with Gasteiger partial charge in [0.2, 0.25) is 5.91 Å². The van der Waals surface area contributed by atoms with Gasteiger partial charge in [0.1, 0.15) is 12.7 Å². The largest absolute Gasteiger partial charge is 0.411 e. The SMILES string of the molecule is CC(C)CCC(NC(=O)C(C)OCC(F)(F)F)C(C)(C)C. The van der Waals surface area contributed by atoms with Crippen molar-refractivity contribution in [3.63, 3.8) is 0 Å². The number of amides is 1. The molecule has 0 saturated heterocycles. The van der Waals surface area contributed by atoms with E-state index in [0.717, 1.165) is 12.8 Å². The number of rotatable bonds is 7. The van der Waals surface area contributed by atoms with Crippen LogP contribution in [-0.2, 0) is 9.53 Å². The Morgan fingerprint density at radius 3 is 2.00 bits per heavy atom. The van der Waals surface area contributed by atoms with Crippen molar-refractivity contribution in [1.29, 1.82) is 0 Å². The van der Waals surface area contributed by atoms with Crippen LogP contribution >= 0.6 is 0 Å². The molecule has 2 unspecified atom stereocenters. The minimum atomic E-state index is -4.42. The predicted octanol–water partition coefficient (Wildman–Crippen LogP) is 3.92. The molecule has 0 aromatic rings. The minimum Gasteiger partial charge on any atom is -0.359 e. The molecule has 0 aliphatic rings. The van der Waals surface area contributed by atoms with Crippen LogP contribution in [0.15, 0.2) is 0 Å². The Morgan fingerprint density at radius 2 is 1.62 bits per heavy atom. The summed E-state index contributed by atoms with van der Waals surface area (Å²) in [7, 11) is 0. The molecular weight excluding hydrogens is 283 g/mol. The van der Waals surface area contributed by atoms with E-state index in [0.29, 0.717) is 5.92 Å². The molecule has 126 valence electrons. The Kier molecular flexibility index (Phi) is 7.71. The van der Waals surface area contributed by atoms with Crippen LogP contribution in [-0.4, -0.2) is 30.8 Å². The van der Waals surface area contributed by atoms with Gasteiger partial charge >= 0.3 is 6.18 Å². The highest BCUT2D eigenvalue weighted by molar-refractivity contribution is 5.80.